The highest BCUT2D eigenvalue weighted by Gasteiger charge is 2.42. The molecule has 0 aromatic heterocycles. The van der Waals surface area contributed by atoms with E-state index in [1.807, 2.05) is 0 Å². The van der Waals surface area contributed by atoms with Crippen LogP contribution in [0.25, 0.3) is 11.1 Å². The number of para-hydroxylation sites is 2. The topological polar surface area (TPSA) is 6.48 Å². The summed E-state index contributed by atoms with van der Waals surface area (Å²) in [6, 6.07) is 53.8. The Hall–Kier alpha value is -5.08. The van der Waals surface area contributed by atoms with Crippen molar-refractivity contribution in [2.24, 2.45) is 0 Å². The molecule has 1 aliphatic carbocycles. The molecule has 0 fully saturated rings. The molecule has 0 heterocycles. The van der Waals surface area contributed by atoms with Crippen LogP contribution in [0.4, 0.5) is 34.1 Å². The van der Waals surface area contributed by atoms with Crippen molar-refractivity contribution < 1.29 is 0 Å². The average Bonchev–Trinajstić information content (AvgIpc) is 3.36. The molecule has 0 bridgehead atoms. The molecule has 0 saturated heterocycles. The van der Waals surface area contributed by atoms with Gasteiger partial charge in [-0.2, -0.15) is 0 Å². The molecule has 0 aliphatic heterocycles. The zero-order valence-corrected chi connectivity index (χ0v) is 28.1. The molecule has 0 atom stereocenters. The Labute approximate surface area is 281 Å². The first-order valence-corrected chi connectivity index (χ1v) is 17.2. The maximum absolute atomic E-state index is 2.50. The summed E-state index contributed by atoms with van der Waals surface area (Å²) in [6.07, 6.45) is 4.46. The van der Waals surface area contributed by atoms with Gasteiger partial charge in [-0.1, -0.05) is 111 Å². The molecule has 2 heteroatoms. The standard InChI is InChI=1S/C45H44N2/c1-5-29-45(30-6-2)43-31-39(46(35-13-9-7-10-14-35)37-21-17-33(3)18-22-37)25-27-41(43)42-28-26-40(32-44(42)45)47(36-15-11-8-12-16-36)38-23-19-34(4)20-24-38/h7-28,31-32H,5-6,29-30H2,1-4H3. The van der Waals surface area contributed by atoms with Crippen molar-refractivity contribution in [1.29, 1.82) is 0 Å². The Morgan fingerprint density at radius 1 is 0.404 bits per heavy atom. The van der Waals surface area contributed by atoms with E-state index >= 15 is 0 Å². The van der Waals surface area contributed by atoms with E-state index in [1.165, 1.54) is 67.5 Å². The van der Waals surface area contributed by atoms with Crippen molar-refractivity contribution in [2.45, 2.75) is 58.8 Å². The second kappa shape index (κ2) is 13.0. The van der Waals surface area contributed by atoms with Gasteiger partial charge in [0.15, 0.2) is 0 Å². The third-order valence-electron chi connectivity index (χ3n) is 9.81. The molecule has 234 valence electrons. The lowest BCUT2D eigenvalue weighted by Crippen LogP contribution is -2.25. The van der Waals surface area contributed by atoms with E-state index in [-0.39, 0.29) is 5.41 Å². The van der Waals surface area contributed by atoms with Crippen LogP contribution in [0.3, 0.4) is 0 Å². The van der Waals surface area contributed by atoms with Crippen molar-refractivity contribution in [3.8, 4) is 11.1 Å². The van der Waals surface area contributed by atoms with Gasteiger partial charge in [0.1, 0.15) is 0 Å². The van der Waals surface area contributed by atoms with Gasteiger partial charge in [0.05, 0.1) is 0 Å². The van der Waals surface area contributed by atoms with Crippen LogP contribution in [0, 0.1) is 13.8 Å². The Bertz CT molecular complexity index is 1810. The maximum atomic E-state index is 2.50. The average molecular weight is 613 g/mol. The molecule has 6 aromatic rings. The summed E-state index contributed by atoms with van der Waals surface area (Å²) < 4.78 is 0. The van der Waals surface area contributed by atoms with Crippen molar-refractivity contribution in [3.63, 3.8) is 0 Å². The van der Waals surface area contributed by atoms with Crippen molar-refractivity contribution >= 4 is 34.1 Å². The summed E-state index contributed by atoms with van der Waals surface area (Å²) in [4.78, 5) is 4.82. The van der Waals surface area contributed by atoms with E-state index in [4.69, 9.17) is 0 Å². The van der Waals surface area contributed by atoms with Crippen LogP contribution in [0.2, 0.25) is 0 Å². The summed E-state index contributed by atoms with van der Waals surface area (Å²) in [5.74, 6) is 0. The number of nitrogens with zero attached hydrogens (tertiary/aromatic N) is 2. The molecule has 7 rings (SSSR count). The third-order valence-corrected chi connectivity index (χ3v) is 9.81. The van der Waals surface area contributed by atoms with E-state index in [0.717, 1.165) is 25.7 Å². The minimum atomic E-state index is -0.0640. The zero-order chi connectivity index (χ0) is 32.4. The van der Waals surface area contributed by atoms with Crippen LogP contribution in [0.1, 0.15) is 61.8 Å². The summed E-state index contributed by atoms with van der Waals surface area (Å²) in [7, 11) is 0. The first-order valence-electron chi connectivity index (χ1n) is 17.2. The van der Waals surface area contributed by atoms with Gasteiger partial charge in [-0.05, 0) is 122 Å². The van der Waals surface area contributed by atoms with Crippen LogP contribution in [-0.2, 0) is 5.41 Å². The summed E-state index contributed by atoms with van der Waals surface area (Å²) in [5.41, 5.74) is 15.2. The van der Waals surface area contributed by atoms with Crippen molar-refractivity contribution in [2.75, 3.05) is 9.80 Å². The fourth-order valence-electron chi connectivity index (χ4n) is 7.70. The normalized spacial score (nSPS) is 12.8. The molecule has 0 saturated carbocycles. The SMILES string of the molecule is CCCC1(CCC)c2cc(N(c3ccccc3)c3ccc(C)cc3)ccc2-c2ccc(N(c3ccccc3)c3ccc(C)cc3)cc21. The van der Waals surface area contributed by atoms with Gasteiger partial charge >= 0.3 is 0 Å². The molecule has 0 amide bonds. The predicted molar refractivity (Wildman–Crippen MR) is 201 cm³/mol. The summed E-state index contributed by atoms with van der Waals surface area (Å²) >= 11 is 0. The second-order valence-corrected chi connectivity index (χ2v) is 13.1. The third kappa shape index (κ3) is 5.63. The van der Waals surface area contributed by atoms with Gasteiger partial charge in [-0.3, -0.25) is 0 Å². The molecular weight excluding hydrogens is 569 g/mol. The quantitative estimate of drug-likeness (QED) is 0.152. The lowest BCUT2D eigenvalue weighted by Gasteiger charge is -2.34. The smallest absolute Gasteiger partial charge is 0.0465 e. The number of benzene rings is 6. The predicted octanol–water partition coefficient (Wildman–Crippen LogP) is 13.1. The van der Waals surface area contributed by atoms with E-state index in [0.29, 0.717) is 0 Å². The largest absolute Gasteiger partial charge is 0.310 e. The second-order valence-electron chi connectivity index (χ2n) is 13.1. The molecule has 1 aliphatic rings. The summed E-state index contributed by atoms with van der Waals surface area (Å²) in [6.45, 7) is 8.99. The lowest BCUT2D eigenvalue weighted by atomic mass is 9.71. The van der Waals surface area contributed by atoms with E-state index in [9.17, 15) is 0 Å². The Balaban J connectivity index is 1.41. The van der Waals surface area contributed by atoms with Gasteiger partial charge in [0.2, 0.25) is 0 Å². The van der Waals surface area contributed by atoms with Crippen LogP contribution in [0.15, 0.2) is 146 Å². The van der Waals surface area contributed by atoms with Gasteiger partial charge in [0, 0.05) is 39.5 Å². The number of aryl methyl sites for hydroxylation is 2. The molecule has 0 unspecified atom stereocenters. The van der Waals surface area contributed by atoms with Gasteiger partial charge in [0.25, 0.3) is 0 Å². The maximum Gasteiger partial charge on any atom is 0.0465 e. The van der Waals surface area contributed by atoms with Crippen molar-refractivity contribution in [3.05, 3.63) is 168 Å². The fraction of sp³-hybridized carbons (Fsp3) is 0.200. The molecule has 47 heavy (non-hydrogen) atoms. The minimum Gasteiger partial charge on any atom is -0.310 e. The highest BCUT2D eigenvalue weighted by atomic mass is 15.1. The molecular formula is C45H44N2. The number of hydrogen-bond acceptors (Lipinski definition) is 2. The zero-order valence-electron chi connectivity index (χ0n) is 28.1. The van der Waals surface area contributed by atoms with Crippen LogP contribution in [0.5, 0.6) is 0 Å². The van der Waals surface area contributed by atoms with E-state index in [2.05, 4.69) is 183 Å². The fourth-order valence-corrected chi connectivity index (χ4v) is 7.70. The van der Waals surface area contributed by atoms with Crippen LogP contribution >= 0.6 is 0 Å². The molecule has 0 N–H and O–H groups in total. The molecule has 6 aromatic carbocycles. The Morgan fingerprint density at radius 2 is 0.745 bits per heavy atom. The first kappa shape index (κ1) is 30.6. The minimum absolute atomic E-state index is 0.0640. The number of hydrogen-bond donors (Lipinski definition) is 0. The van der Waals surface area contributed by atoms with E-state index in [1.54, 1.807) is 0 Å². The Kier molecular flexibility index (Phi) is 8.43. The highest BCUT2D eigenvalue weighted by molar-refractivity contribution is 5.88. The molecule has 0 spiro atoms. The van der Waals surface area contributed by atoms with Gasteiger partial charge < -0.3 is 9.80 Å². The Morgan fingerprint density at radius 3 is 1.11 bits per heavy atom. The van der Waals surface area contributed by atoms with Crippen LogP contribution < -0.4 is 9.80 Å². The van der Waals surface area contributed by atoms with Crippen molar-refractivity contribution in [1.82, 2.24) is 0 Å². The van der Waals surface area contributed by atoms with Gasteiger partial charge in [-0.15, -0.1) is 0 Å². The first-order chi connectivity index (χ1) is 23.0. The van der Waals surface area contributed by atoms with Gasteiger partial charge in [-0.25, -0.2) is 0 Å². The number of fused-ring (bicyclic) bond motifs is 3. The monoisotopic (exact) mass is 612 g/mol. The van der Waals surface area contributed by atoms with Crippen LogP contribution in [-0.4, -0.2) is 0 Å². The number of anilines is 6. The lowest BCUT2D eigenvalue weighted by molar-refractivity contribution is 0.436. The van der Waals surface area contributed by atoms with E-state index < -0.39 is 0 Å². The molecule has 0 radical (unpaired) electrons. The number of rotatable bonds is 10. The highest BCUT2D eigenvalue weighted by Crippen LogP contribution is 2.56. The molecule has 2 nitrogen and oxygen atoms in total. The summed E-state index contributed by atoms with van der Waals surface area (Å²) in [5, 5.41) is 0.